The minimum absolute atomic E-state index is 0.0215. The Hall–Kier alpha value is -1.70. The predicted octanol–water partition coefficient (Wildman–Crippen LogP) is 5.33. The van der Waals surface area contributed by atoms with Gasteiger partial charge in [-0.25, -0.2) is 4.39 Å². The highest BCUT2D eigenvalue weighted by Crippen LogP contribution is 2.25. The Kier molecular flexibility index (Phi) is 10.6. The minimum Gasteiger partial charge on any atom is -0.383 e. The number of amides is 1. The molecular weight excluding hydrogens is 465 g/mol. The van der Waals surface area contributed by atoms with Crippen LogP contribution in [0, 0.1) is 5.82 Å². The van der Waals surface area contributed by atoms with Crippen molar-refractivity contribution < 1.29 is 9.18 Å². The fourth-order valence-corrected chi connectivity index (χ4v) is 5.78. The third kappa shape index (κ3) is 7.92. The SMILES string of the molecule is CSCC[C@@H](C)NC(=O)c1cc(NC[C@@H]2C[C@H](SC)CN2C)ccc1CCc1ccc(F)cc1. The van der Waals surface area contributed by atoms with E-state index in [9.17, 15) is 9.18 Å². The van der Waals surface area contributed by atoms with Crippen molar-refractivity contribution in [3.8, 4) is 0 Å². The summed E-state index contributed by atoms with van der Waals surface area (Å²) in [5, 5.41) is 7.45. The van der Waals surface area contributed by atoms with Crippen molar-refractivity contribution in [2.45, 2.75) is 49.9 Å². The van der Waals surface area contributed by atoms with Crippen LogP contribution in [0.2, 0.25) is 0 Å². The van der Waals surface area contributed by atoms with Crippen LogP contribution in [0.1, 0.15) is 41.3 Å². The summed E-state index contributed by atoms with van der Waals surface area (Å²) in [5.41, 5.74) is 3.79. The van der Waals surface area contributed by atoms with E-state index in [0.717, 1.165) is 60.5 Å². The van der Waals surface area contributed by atoms with Crippen molar-refractivity contribution in [1.29, 1.82) is 0 Å². The van der Waals surface area contributed by atoms with Gasteiger partial charge in [0.1, 0.15) is 5.82 Å². The van der Waals surface area contributed by atoms with E-state index in [0.29, 0.717) is 11.3 Å². The summed E-state index contributed by atoms with van der Waals surface area (Å²) in [4.78, 5) is 15.7. The summed E-state index contributed by atoms with van der Waals surface area (Å²) in [5.74, 6) is 0.772. The molecule has 186 valence electrons. The first-order valence-electron chi connectivity index (χ1n) is 12.0. The molecule has 0 aromatic heterocycles. The Balaban J connectivity index is 1.71. The standard InChI is InChI=1S/C27H38FN3OS2/c1-19(13-14-33-3)30-27(32)26-15-23(29-17-24-16-25(34-4)18-31(24)2)12-9-21(26)8-5-20-6-10-22(28)11-7-20/h6-7,9-12,15,19,24-25,29H,5,8,13-14,16-18H2,1-4H3,(H,30,32)/t19-,24+,25+/m1/s1. The molecule has 2 aromatic carbocycles. The highest BCUT2D eigenvalue weighted by molar-refractivity contribution is 7.99. The van der Waals surface area contributed by atoms with Crippen LogP contribution in [0.5, 0.6) is 0 Å². The number of carbonyl (C=O) groups excluding carboxylic acids is 1. The van der Waals surface area contributed by atoms with Gasteiger partial charge >= 0.3 is 0 Å². The molecule has 0 aliphatic carbocycles. The van der Waals surface area contributed by atoms with Gasteiger partial charge in [-0.05, 0) is 93.3 Å². The largest absolute Gasteiger partial charge is 0.383 e. The van der Waals surface area contributed by atoms with Gasteiger partial charge in [-0.3, -0.25) is 4.79 Å². The Bertz CT molecular complexity index is 925. The number of likely N-dealkylation sites (tertiary alicyclic amines) is 1. The summed E-state index contributed by atoms with van der Waals surface area (Å²) in [6.45, 7) is 4.05. The molecule has 0 radical (unpaired) electrons. The molecule has 4 nitrogen and oxygen atoms in total. The molecule has 3 atom stereocenters. The Morgan fingerprint density at radius 3 is 2.62 bits per heavy atom. The lowest BCUT2D eigenvalue weighted by molar-refractivity contribution is 0.0938. The van der Waals surface area contributed by atoms with Crippen molar-refractivity contribution in [2.24, 2.45) is 0 Å². The number of carbonyl (C=O) groups is 1. The van der Waals surface area contributed by atoms with Crippen molar-refractivity contribution in [3.63, 3.8) is 0 Å². The maximum atomic E-state index is 13.3. The second-order valence-electron chi connectivity index (χ2n) is 9.22. The fraction of sp³-hybridized carbons (Fsp3) is 0.519. The van der Waals surface area contributed by atoms with E-state index in [-0.39, 0.29) is 17.8 Å². The van der Waals surface area contributed by atoms with E-state index in [1.54, 1.807) is 11.8 Å². The van der Waals surface area contributed by atoms with Crippen LogP contribution in [0.4, 0.5) is 10.1 Å². The van der Waals surface area contributed by atoms with Gasteiger partial charge < -0.3 is 15.5 Å². The first kappa shape index (κ1) is 26.9. The molecule has 7 heteroatoms. The zero-order valence-corrected chi connectivity index (χ0v) is 22.4. The van der Waals surface area contributed by atoms with Gasteiger partial charge in [0.25, 0.3) is 5.91 Å². The molecule has 1 saturated heterocycles. The molecule has 0 spiro atoms. The highest BCUT2D eigenvalue weighted by Gasteiger charge is 2.28. The minimum atomic E-state index is -0.227. The molecule has 0 bridgehead atoms. The topological polar surface area (TPSA) is 44.4 Å². The number of anilines is 1. The van der Waals surface area contributed by atoms with E-state index in [4.69, 9.17) is 0 Å². The number of halogens is 1. The van der Waals surface area contributed by atoms with Gasteiger partial charge in [-0.2, -0.15) is 23.5 Å². The molecule has 1 heterocycles. The summed E-state index contributed by atoms with van der Waals surface area (Å²) in [6, 6.07) is 13.4. The number of aryl methyl sites for hydroxylation is 2. The van der Waals surface area contributed by atoms with Crippen LogP contribution in [0.3, 0.4) is 0 Å². The zero-order chi connectivity index (χ0) is 24.5. The van der Waals surface area contributed by atoms with Gasteiger partial charge in [0.2, 0.25) is 0 Å². The number of nitrogens with zero attached hydrogens (tertiary/aromatic N) is 1. The molecule has 0 unspecified atom stereocenters. The average molecular weight is 504 g/mol. The molecule has 1 amide bonds. The number of nitrogens with one attached hydrogen (secondary N) is 2. The maximum Gasteiger partial charge on any atom is 0.251 e. The van der Waals surface area contributed by atoms with Gasteiger partial charge in [0.05, 0.1) is 0 Å². The number of likely N-dealkylation sites (N-methyl/N-ethyl adjacent to an activating group) is 1. The van der Waals surface area contributed by atoms with Gasteiger partial charge in [-0.15, -0.1) is 0 Å². The number of benzene rings is 2. The molecule has 3 rings (SSSR count). The fourth-order valence-electron chi connectivity index (χ4n) is 4.39. The third-order valence-electron chi connectivity index (χ3n) is 6.61. The lowest BCUT2D eigenvalue weighted by Crippen LogP contribution is -2.34. The summed E-state index contributed by atoms with van der Waals surface area (Å²) < 4.78 is 13.3. The first-order valence-corrected chi connectivity index (χ1v) is 14.7. The van der Waals surface area contributed by atoms with Crippen molar-refractivity contribution >= 4 is 35.1 Å². The second-order valence-corrected chi connectivity index (χ2v) is 11.3. The van der Waals surface area contributed by atoms with E-state index >= 15 is 0 Å². The van der Waals surface area contributed by atoms with E-state index < -0.39 is 0 Å². The molecule has 1 aliphatic rings. The number of thioether (sulfide) groups is 2. The van der Waals surface area contributed by atoms with Crippen LogP contribution < -0.4 is 10.6 Å². The van der Waals surface area contributed by atoms with E-state index in [2.05, 4.69) is 54.1 Å². The first-order chi connectivity index (χ1) is 16.4. The normalized spacial score (nSPS) is 19.2. The molecule has 1 fully saturated rings. The Morgan fingerprint density at radius 1 is 1.18 bits per heavy atom. The smallest absolute Gasteiger partial charge is 0.251 e. The molecule has 2 N–H and O–H groups in total. The molecular formula is C27H38FN3OS2. The predicted molar refractivity (Wildman–Crippen MR) is 147 cm³/mol. The summed E-state index contributed by atoms with van der Waals surface area (Å²) in [6.07, 6.45) is 7.89. The quantitative estimate of drug-likeness (QED) is 0.410. The average Bonchev–Trinajstić information content (AvgIpc) is 3.20. The van der Waals surface area contributed by atoms with Gasteiger partial charge in [0, 0.05) is 41.7 Å². The molecule has 1 aliphatic heterocycles. The van der Waals surface area contributed by atoms with Crippen molar-refractivity contribution in [2.75, 3.05) is 43.7 Å². The van der Waals surface area contributed by atoms with Crippen LogP contribution >= 0.6 is 23.5 Å². The number of rotatable bonds is 12. The van der Waals surface area contributed by atoms with Crippen LogP contribution in [-0.4, -0.2) is 66.5 Å². The lowest BCUT2D eigenvalue weighted by Gasteiger charge is -2.21. The Labute approximate surface area is 212 Å². The van der Waals surface area contributed by atoms with Crippen LogP contribution in [0.25, 0.3) is 0 Å². The van der Waals surface area contributed by atoms with Crippen LogP contribution in [-0.2, 0) is 12.8 Å². The highest BCUT2D eigenvalue weighted by atomic mass is 32.2. The summed E-state index contributed by atoms with van der Waals surface area (Å²) in [7, 11) is 2.19. The Morgan fingerprint density at radius 2 is 1.94 bits per heavy atom. The second kappa shape index (κ2) is 13.4. The van der Waals surface area contributed by atoms with Gasteiger partial charge in [-0.1, -0.05) is 18.2 Å². The van der Waals surface area contributed by atoms with Crippen LogP contribution in [0.15, 0.2) is 42.5 Å². The number of hydrogen-bond acceptors (Lipinski definition) is 5. The maximum absolute atomic E-state index is 13.3. The summed E-state index contributed by atoms with van der Waals surface area (Å²) >= 11 is 3.73. The van der Waals surface area contributed by atoms with Crippen molar-refractivity contribution in [3.05, 3.63) is 65.0 Å². The van der Waals surface area contributed by atoms with Gasteiger partial charge in [0.15, 0.2) is 0 Å². The molecule has 2 aromatic rings. The zero-order valence-electron chi connectivity index (χ0n) is 20.8. The van der Waals surface area contributed by atoms with Crippen molar-refractivity contribution in [1.82, 2.24) is 10.2 Å². The molecule has 0 saturated carbocycles. The number of hydrogen-bond donors (Lipinski definition) is 2. The van der Waals surface area contributed by atoms with E-state index in [1.165, 1.54) is 18.6 Å². The third-order valence-corrected chi connectivity index (χ3v) is 8.26. The monoisotopic (exact) mass is 503 g/mol. The molecule has 34 heavy (non-hydrogen) atoms. The van der Waals surface area contributed by atoms with E-state index in [1.807, 2.05) is 30.0 Å². The lowest BCUT2D eigenvalue weighted by atomic mass is 9.98.